The van der Waals surface area contributed by atoms with Gasteiger partial charge in [-0.05, 0) is 54.4 Å². The van der Waals surface area contributed by atoms with Gasteiger partial charge in [0.1, 0.15) is 6.54 Å². The first-order valence-corrected chi connectivity index (χ1v) is 10.8. The third-order valence-electron chi connectivity index (χ3n) is 5.54. The molecule has 4 rings (SSSR count). The molecule has 1 aliphatic rings. The summed E-state index contributed by atoms with van der Waals surface area (Å²) in [6, 6.07) is 24.2. The number of nitrogens with zero attached hydrogens (tertiary/aromatic N) is 4. The first kappa shape index (κ1) is 21.9. The van der Waals surface area contributed by atoms with Gasteiger partial charge in [0.05, 0.1) is 23.4 Å². The SMILES string of the molecule is CC1(c2ccccc2)CN(CC(=O)N(C#N)c2ccc(Cl)cc2)N=C1c1ccc(Cl)cc1. The quantitative estimate of drug-likeness (QED) is 0.372. The maximum absolute atomic E-state index is 13.0. The molecule has 0 N–H and O–H groups in total. The van der Waals surface area contributed by atoms with E-state index in [1.54, 1.807) is 29.3 Å². The predicted molar refractivity (Wildman–Crippen MR) is 128 cm³/mol. The van der Waals surface area contributed by atoms with Gasteiger partial charge in [-0.2, -0.15) is 10.4 Å². The summed E-state index contributed by atoms with van der Waals surface area (Å²) in [5, 5.41) is 17.3. The first-order valence-electron chi connectivity index (χ1n) is 10.0. The monoisotopic (exact) mass is 462 g/mol. The van der Waals surface area contributed by atoms with Gasteiger partial charge in [-0.3, -0.25) is 9.80 Å². The number of hydrogen-bond donors (Lipinski definition) is 0. The van der Waals surface area contributed by atoms with Crippen LogP contribution in [-0.2, 0) is 10.2 Å². The van der Waals surface area contributed by atoms with Crippen molar-refractivity contribution in [3.63, 3.8) is 0 Å². The van der Waals surface area contributed by atoms with Crippen LogP contribution in [0.4, 0.5) is 5.69 Å². The van der Waals surface area contributed by atoms with Crippen molar-refractivity contribution in [3.8, 4) is 6.19 Å². The maximum Gasteiger partial charge on any atom is 0.261 e. The Morgan fingerprint density at radius 2 is 1.62 bits per heavy atom. The Kier molecular flexibility index (Phi) is 6.18. The summed E-state index contributed by atoms with van der Waals surface area (Å²) >= 11 is 12.0. The first-order chi connectivity index (χ1) is 15.4. The lowest BCUT2D eigenvalue weighted by molar-refractivity contribution is -0.119. The number of carbonyl (C=O) groups excluding carboxylic acids is 1. The smallest absolute Gasteiger partial charge is 0.261 e. The number of halogens is 2. The number of hydrazone groups is 1. The molecule has 32 heavy (non-hydrogen) atoms. The number of rotatable bonds is 5. The molecule has 7 heteroatoms. The van der Waals surface area contributed by atoms with Crippen LogP contribution in [0, 0.1) is 11.5 Å². The summed E-state index contributed by atoms with van der Waals surface area (Å²) in [4.78, 5) is 14.1. The van der Waals surface area contributed by atoms with E-state index >= 15 is 0 Å². The highest BCUT2D eigenvalue weighted by atomic mass is 35.5. The minimum absolute atomic E-state index is 0.0320. The highest BCUT2D eigenvalue weighted by molar-refractivity contribution is 6.31. The molecule has 0 fully saturated rings. The van der Waals surface area contributed by atoms with Crippen LogP contribution < -0.4 is 4.90 Å². The summed E-state index contributed by atoms with van der Waals surface area (Å²) in [6.07, 6.45) is 1.96. The molecule has 0 saturated carbocycles. The second-order valence-corrected chi connectivity index (χ2v) is 8.65. The van der Waals surface area contributed by atoms with Crippen molar-refractivity contribution in [2.75, 3.05) is 18.0 Å². The molecule has 1 aliphatic heterocycles. The highest BCUT2D eigenvalue weighted by Crippen LogP contribution is 2.35. The number of anilines is 1. The third kappa shape index (κ3) is 4.34. The summed E-state index contributed by atoms with van der Waals surface area (Å²) in [5.41, 5.74) is 2.91. The van der Waals surface area contributed by atoms with Crippen LogP contribution in [0.3, 0.4) is 0 Å². The molecule has 3 aromatic rings. The van der Waals surface area contributed by atoms with Gasteiger partial charge in [0.15, 0.2) is 6.19 Å². The van der Waals surface area contributed by atoms with Gasteiger partial charge in [-0.25, -0.2) is 4.90 Å². The molecule has 1 unspecified atom stereocenters. The Hall–Kier alpha value is -3.33. The largest absolute Gasteiger partial charge is 0.286 e. The lowest BCUT2D eigenvalue weighted by atomic mass is 9.76. The lowest BCUT2D eigenvalue weighted by Gasteiger charge is -2.27. The molecule has 0 saturated heterocycles. The Morgan fingerprint density at radius 1 is 1.03 bits per heavy atom. The fourth-order valence-electron chi connectivity index (χ4n) is 3.91. The van der Waals surface area contributed by atoms with Gasteiger partial charge in [-0.15, -0.1) is 0 Å². The van der Waals surface area contributed by atoms with E-state index < -0.39 is 5.41 Å². The number of amides is 1. The Balaban J connectivity index is 1.64. The zero-order chi connectivity index (χ0) is 22.7. The minimum Gasteiger partial charge on any atom is -0.286 e. The Bertz CT molecular complexity index is 1190. The minimum atomic E-state index is -0.437. The standard InChI is InChI=1S/C25H20Cl2N4O/c1-25(19-5-3-2-4-6-19)16-30(29-24(25)18-7-9-20(26)10-8-18)15-23(32)31(17-28)22-13-11-21(27)12-14-22/h2-14H,15-16H2,1H3. The Morgan fingerprint density at radius 3 is 2.22 bits per heavy atom. The zero-order valence-corrected chi connectivity index (χ0v) is 18.9. The molecule has 160 valence electrons. The Labute approximate surface area is 197 Å². The van der Waals surface area contributed by atoms with E-state index in [4.69, 9.17) is 28.3 Å². The molecule has 5 nitrogen and oxygen atoms in total. The van der Waals surface area contributed by atoms with Gasteiger partial charge in [0.2, 0.25) is 0 Å². The van der Waals surface area contributed by atoms with E-state index in [2.05, 4.69) is 19.1 Å². The molecule has 0 aliphatic carbocycles. The molecule has 0 radical (unpaired) electrons. The van der Waals surface area contributed by atoms with Gasteiger partial charge in [0, 0.05) is 10.0 Å². The molecule has 0 bridgehead atoms. The molecule has 0 spiro atoms. The van der Waals surface area contributed by atoms with Crippen molar-refractivity contribution in [2.24, 2.45) is 5.10 Å². The van der Waals surface area contributed by atoms with Crippen molar-refractivity contribution in [2.45, 2.75) is 12.3 Å². The average Bonchev–Trinajstić information content (AvgIpc) is 3.13. The van der Waals surface area contributed by atoms with Crippen LogP contribution in [0.2, 0.25) is 10.0 Å². The van der Waals surface area contributed by atoms with Crippen LogP contribution in [0.1, 0.15) is 18.1 Å². The van der Waals surface area contributed by atoms with Crippen molar-refractivity contribution >= 4 is 40.5 Å². The van der Waals surface area contributed by atoms with Crippen LogP contribution in [0.15, 0.2) is 84.0 Å². The maximum atomic E-state index is 13.0. The molecule has 3 aromatic carbocycles. The van der Waals surface area contributed by atoms with Crippen LogP contribution in [-0.4, -0.2) is 29.7 Å². The average molecular weight is 463 g/mol. The van der Waals surface area contributed by atoms with Gasteiger partial charge in [0.25, 0.3) is 5.91 Å². The topological polar surface area (TPSA) is 59.7 Å². The van der Waals surface area contributed by atoms with E-state index in [0.717, 1.165) is 21.7 Å². The molecular weight excluding hydrogens is 443 g/mol. The molecule has 1 heterocycles. The molecule has 1 amide bonds. The van der Waals surface area contributed by atoms with Crippen molar-refractivity contribution in [1.29, 1.82) is 5.26 Å². The third-order valence-corrected chi connectivity index (χ3v) is 6.05. The number of carbonyl (C=O) groups is 1. The van der Waals surface area contributed by atoms with Gasteiger partial charge >= 0.3 is 0 Å². The van der Waals surface area contributed by atoms with Gasteiger partial charge < -0.3 is 0 Å². The highest BCUT2D eigenvalue weighted by Gasteiger charge is 2.41. The normalized spacial score (nSPS) is 17.6. The van der Waals surface area contributed by atoms with Crippen LogP contribution >= 0.6 is 23.2 Å². The zero-order valence-electron chi connectivity index (χ0n) is 17.4. The molecular formula is C25H20Cl2N4O. The predicted octanol–water partition coefficient (Wildman–Crippen LogP) is 5.49. The number of hydrogen-bond acceptors (Lipinski definition) is 4. The van der Waals surface area contributed by atoms with Crippen molar-refractivity contribution < 1.29 is 4.79 Å². The second kappa shape index (κ2) is 9.04. The lowest BCUT2D eigenvalue weighted by Crippen LogP contribution is -2.39. The van der Waals surface area contributed by atoms with Gasteiger partial charge in [-0.1, -0.05) is 65.7 Å². The summed E-state index contributed by atoms with van der Waals surface area (Å²) < 4.78 is 0. The van der Waals surface area contributed by atoms with Crippen molar-refractivity contribution in [3.05, 3.63) is 100 Å². The summed E-state index contributed by atoms with van der Waals surface area (Å²) in [6.45, 7) is 2.58. The molecule has 0 aromatic heterocycles. The van der Waals surface area contributed by atoms with E-state index in [9.17, 15) is 10.1 Å². The van der Waals surface area contributed by atoms with Crippen LogP contribution in [0.5, 0.6) is 0 Å². The molecule has 1 atom stereocenters. The van der Waals surface area contributed by atoms with E-state index in [0.29, 0.717) is 22.3 Å². The fraction of sp³-hybridized carbons (Fsp3) is 0.160. The van der Waals surface area contributed by atoms with E-state index in [1.807, 2.05) is 48.7 Å². The fourth-order valence-corrected chi connectivity index (χ4v) is 4.16. The van der Waals surface area contributed by atoms with Crippen molar-refractivity contribution in [1.82, 2.24) is 5.01 Å². The van der Waals surface area contributed by atoms with E-state index in [-0.39, 0.29) is 12.5 Å². The van der Waals surface area contributed by atoms with Crippen LogP contribution in [0.25, 0.3) is 0 Å². The summed E-state index contributed by atoms with van der Waals surface area (Å²) in [7, 11) is 0. The van der Waals surface area contributed by atoms with E-state index in [1.165, 1.54) is 0 Å². The summed E-state index contributed by atoms with van der Waals surface area (Å²) in [5.74, 6) is -0.369. The number of benzene rings is 3. The number of nitriles is 1. The second-order valence-electron chi connectivity index (χ2n) is 7.78.